The molecule has 1 fully saturated rings. The Hall–Kier alpha value is -1.91. The number of nitrogens with one attached hydrogen (secondary N) is 2. The van der Waals surface area contributed by atoms with Gasteiger partial charge in [-0.2, -0.15) is 0 Å². The highest BCUT2D eigenvalue weighted by Crippen LogP contribution is 2.30. The van der Waals surface area contributed by atoms with Gasteiger partial charge in [-0.25, -0.2) is 0 Å². The molecule has 3 rings (SSSR count). The van der Waals surface area contributed by atoms with Gasteiger partial charge in [0.25, 0.3) is 0 Å². The lowest BCUT2D eigenvalue weighted by Crippen LogP contribution is -2.47. The smallest absolute Gasteiger partial charge is 0.191 e. The number of fused-ring (bicyclic) bond motifs is 1. The van der Waals surface area contributed by atoms with Gasteiger partial charge in [-0.3, -0.25) is 4.99 Å². The van der Waals surface area contributed by atoms with E-state index >= 15 is 0 Å². The fraction of sp³-hybridized carbons (Fsp3) is 0.562. The van der Waals surface area contributed by atoms with Crippen molar-refractivity contribution in [3.8, 4) is 11.5 Å². The molecular weight excluding hydrogens is 266 g/mol. The molecular formula is C16H23N3O2. The molecule has 0 saturated heterocycles. The van der Waals surface area contributed by atoms with E-state index in [1.165, 1.54) is 25.7 Å². The number of nitrogens with zero attached hydrogens (tertiary/aromatic N) is 1. The summed E-state index contributed by atoms with van der Waals surface area (Å²) in [6, 6.07) is 8.33. The van der Waals surface area contributed by atoms with E-state index in [9.17, 15) is 0 Å². The number of para-hydroxylation sites is 2. The van der Waals surface area contributed by atoms with E-state index in [1.54, 1.807) is 7.05 Å². The van der Waals surface area contributed by atoms with Crippen molar-refractivity contribution >= 4 is 5.96 Å². The molecule has 0 bridgehead atoms. The summed E-state index contributed by atoms with van der Waals surface area (Å²) < 4.78 is 11.6. The van der Waals surface area contributed by atoms with Crippen molar-refractivity contribution in [1.82, 2.24) is 10.6 Å². The molecule has 1 aliphatic heterocycles. The topological polar surface area (TPSA) is 54.9 Å². The Morgan fingerprint density at radius 3 is 2.76 bits per heavy atom. The van der Waals surface area contributed by atoms with Crippen LogP contribution in [0.15, 0.2) is 29.3 Å². The number of rotatable bonds is 3. The van der Waals surface area contributed by atoms with Gasteiger partial charge in [-0.15, -0.1) is 0 Å². The average molecular weight is 289 g/mol. The Morgan fingerprint density at radius 2 is 2.00 bits per heavy atom. The van der Waals surface area contributed by atoms with E-state index in [2.05, 4.69) is 15.6 Å². The number of hydrogen-bond acceptors (Lipinski definition) is 3. The van der Waals surface area contributed by atoms with Crippen LogP contribution in [-0.4, -0.2) is 38.3 Å². The first-order chi connectivity index (χ1) is 10.3. The number of hydrogen-bond donors (Lipinski definition) is 2. The maximum absolute atomic E-state index is 5.93. The molecule has 2 N–H and O–H groups in total. The first-order valence-corrected chi connectivity index (χ1v) is 7.71. The van der Waals surface area contributed by atoms with Gasteiger partial charge in [0, 0.05) is 13.1 Å². The zero-order valence-corrected chi connectivity index (χ0v) is 12.5. The van der Waals surface area contributed by atoms with Crippen LogP contribution in [0.1, 0.15) is 25.7 Å². The molecule has 1 heterocycles. The van der Waals surface area contributed by atoms with Crippen LogP contribution in [0, 0.1) is 0 Å². The lowest BCUT2D eigenvalue weighted by atomic mass is 10.2. The number of guanidine groups is 1. The van der Waals surface area contributed by atoms with Gasteiger partial charge in [-0.05, 0) is 25.0 Å². The maximum atomic E-state index is 5.93. The lowest BCUT2D eigenvalue weighted by Gasteiger charge is -2.27. The molecule has 1 unspecified atom stereocenters. The number of benzene rings is 1. The highest BCUT2D eigenvalue weighted by Gasteiger charge is 2.21. The van der Waals surface area contributed by atoms with Crippen molar-refractivity contribution in [3.05, 3.63) is 24.3 Å². The zero-order valence-electron chi connectivity index (χ0n) is 12.5. The fourth-order valence-corrected chi connectivity index (χ4v) is 2.83. The average Bonchev–Trinajstić information content (AvgIpc) is 3.04. The fourth-order valence-electron chi connectivity index (χ4n) is 2.83. The molecule has 0 radical (unpaired) electrons. The van der Waals surface area contributed by atoms with Crippen LogP contribution in [0.4, 0.5) is 0 Å². The number of ether oxygens (including phenoxy) is 2. The van der Waals surface area contributed by atoms with Crippen molar-refractivity contribution in [2.24, 2.45) is 4.99 Å². The van der Waals surface area contributed by atoms with Gasteiger partial charge in [0.2, 0.25) is 0 Å². The van der Waals surface area contributed by atoms with Crippen LogP contribution in [0.3, 0.4) is 0 Å². The van der Waals surface area contributed by atoms with E-state index in [1.807, 2.05) is 24.3 Å². The molecule has 1 aromatic carbocycles. The summed E-state index contributed by atoms with van der Waals surface area (Å²) in [7, 11) is 1.80. The third-order valence-electron chi connectivity index (χ3n) is 3.98. The van der Waals surface area contributed by atoms with Crippen LogP contribution in [0.2, 0.25) is 0 Å². The standard InChI is InChI=1S/C16H23N3O2/c1-17-16(19-12-6-2-3-7-12)18-10-13-11-20-14-8-4-5-9-15(14)21-13/h4-5,8-9,12-13H,2-3,6-7,10-11H2,1H3,(H2,17,18,19). The largest absolute Gasteiger partial charge is 0.486 e. The summed E-state index contributed by atoms with van der Waals surface area (Å²) in [4.78, 5) is 4.28. The van der Waals surface area contributed by atoms with E-state index < -0.39 is 0 Å². The molecule has 114 valence electrons. The molecule has 1 atom stereocenters. The Bertz CT molecular complexity index is 498. The van der Waals surface area contributed by atoms with Crippen molar-refractivity contribution in [2.45, 2.75) is 37.8 Å². The van der Waals surface area contributed by atoms with Crippen LogP contribution in [-0.2, 0) is 0 Å². The summed E-state index contributed by atoms with van der Waals surface area (Å²) >= 11 is 0. The third kappa shape index (κ3) is 3.60. The Kier molecular flexibility index (Phi) is 4.48. The first kappa shape index (κ1) is 14.0. The van der Waals surface area contributed by atoms with E-state index in [0.717, 1.165) is 17.5 Å². The number of aliphatic imine (C=N–C) groups is 1. The van der Waals surface area contributed by atoms with Gasteiger partial charge in [0.05, 0.1) is 6.54 Å². The predicted molar refractivity (Wildman–Crippen MR) is 83.1 cm³/mol. The summed E-state index contributed by atoms with van der Waals surface area (Å²) in [5.74, 6) is 2.49. The molecule has 1 aliphatic carbocycles. The predicted octanol–water partition coefficient (Wildman–Crippen LogP) is 1.93. The lowest BCUT2D eigenvalue weighted by molar-refractivity contribution is 0.0936. The van der Waals surface area contributed by atoms with Crippen LogP contribution < -0.4 is 20.1 Å². The molecule has 5 nitrogen and oxygen atoms in total. The van der Waals surface area contributed by atoms with Crippen LogP contribution in [0.5, 0.6) is 11.5 Å². The molecule has 0 spiro atoms. The minimum atomic E-state index is 0.00188. The Balaban J connectivity index is 1.48. The Morgan fingerprint density at radius 1 is 1.24 bits per heavy atom. The Labute approximate surface area is 125 Å². The second-order valence-corrected chi connectivity index (χ2v) is 5.58. The SMILES string of the molecule is CN=C(NCC1COc2ccccc2O1)NC1CCCC1. The summed E-state index contributed by atoms with van der Waals surface area (Å²) in [6.07, 6.45) is 5.09. The van der Waals surface area contributed by atoms with Gasteiger partial charge in [0.15, 0.2) is 17.5 Å². The van der Waals surface area contributed by atoms with Gasteiger partial charge in [0.1, 0.15) is 12.7 Å². The minimum absolute atomic E-state index is 0.00188. The summed E-state index contributed by atoms with van der Waals surface area (Å²) in [6.45, 7) is 1.24. The second kappa shape index (κ2) is 6.70. The summed E-state index contributed by atoms with van der Waals surface area (Å²) in [5, 5.41) is 6.80. The molecule has 0 aromatic heterocycles. The molecule has 0 amide bonds. The van der Waals surface area contributed by atoms with Gasteiger partial charge >= 0.3 is 0 Å². The molecule has 21 heavy (non-hydrogen) atoms. The first-order valence-electron chi connectivity index (χ1n) is 7.71. The van der Waals surface area contributed by atoms with Crippen molar-refractivity contribution in [1.29, 1.82) is 0 Å². The van der Waals surface area contributed by atoms with Gasteiger partial charge in [-0.1, -0.05) is 25.0 Å². The molecule has 1 saturated carbocycles. The second-order valence-electron chi connectivity index (χ2n) is 5.58. The normalized spacial score (nSPS) is 22.1. The molecule has 2 aliphatic rings. The molecule has 1 aromatic rings. The third-order valence-corrected chi connectivity index (χ3v) is 3.98. The molecule has 5 heteroatoms. The van der Waals surface area contributed by atoms with Crippen LogP contribution in [0.25, 0.3) is 0 Å². The van der Waals surface area contributed by atoms with Crippen LogP contribution >= 0.6 is 0 Å². The minimum Gasteiger partial charge on any atom is -0.486 e. The highest BCUT2D eigenvalue weighted by molar-refractivity contribution is 5.80. The van der Waals surface area contributed by atoms with E-state index in [4.69, 9.17) is 9.47 Å². The highest BCUT2D eigenvalue weighted by atomic mass is 16.6. The maximum Gasteiger partial charge on any atom is 0.191 e. The summed E-state index contributed by atoms with van der Waals surface area (Å²) in [5.41, 5.74) is 0. The van der Waals surface area contributed by atoms with E-state index in [0.29, 0.717) is 19.2 Å². The van der Waals surface area contributed by atoms with E-state index in [-0.39, 0.29) is 6.10 Å². The van der Waals surface area contributed by atoms with Crippen molar-refractivity contribution in [2.75, 3.05) is 20.2 Å². The quantitative estimate of drug-likeness (QED) is 0.659. The zero-order chi connectivity index (χ0) is 14.5. The van der Waals surface area contributed by atoms with Crippen molar-refractivity contribution < 1.29 is 9.47 Å². The van der Waals surface area contributed by atoms with Gasteiger partial charge < -0.3 is 20.1 Å². The monoisotopic (exact) mass is 289 g/mol. The van der Waals surface area contributed by atoms with Crippen molar-refractivity contribution in [3.63, 3.8) is 0 Å².